The second-order valence-electron chi connectivity index (χ2n) is 8.15. The normalized spacial score (nSPS) is 13.2. The van der Waals surface area contributed by atoms with Crippen molar-refractivity contribution in [3.05, 3.63) is 58.9 Å². The second-order valence-corrected chi connectivity index (χ2v) is 10.2. The number of nitrogens with zero attached hydrogens (tertiary/aromatic N) is 4. The number of aromatic nitrogens is 3. The predicted octanol–water partition coefficient (Wildman–Crippen LogP) is 3.44. The van der Waals surface area contributed by atoms with Crippen LogP contribution in [0.25, 0.3) is 0 Å². The fourth-order valence-corrected chi connectivity index (χ4v) is 4.17. The van der Waals surface area contributed by atoms with Gasteiger partial charge in [0.25, 0.3) is 0 Å². The number of fused-ring (bicyclic) bond motifs is 1. The van der Waals surface area contributed by atoms with Gasteiger partial charge in [-0.15, -0.1) is 0 Å². The van der Waals surface area contributed by atoms with Crippen molar-refractivity contribution in [1.82, 2.24) is 15.0 Å². The summed E-state index contributed by atoms with van der Waals surface area (Å²) in [4.78, 5) is 23.7. The number of benzene rings is 1. The van der Waals surface area contributed by atoms with Crippen LogP contribution in [0.3, 0.4) is 0 Å². The summed E-state index contributed by atoms with van der Waals surface area (Å²) in [6.45, 7) is 1.54. The summed E-state index contributed by atoms with van der Waals surface area (Å²) in [5.41, 5.74) is 1.66. The zero-order valence-corrected chi connectivity index (χ0v) is 20.3. The van der Waals surface area contributed by atoms with Gasteiger partial charge in [-0.2, -0.15) is 18.2 Å². The van der Waals surface area contributed by atoms with Gasteiger partial charge in [0.05, 0.1) is 24.1 Å². The fourth-order valence-electron chi connectivity index (χ4n) is 3.67. The average molecular weight is 522 g/mol. The summed E-state index contributed by atoms with van der Waals surface area (Å²) < 4.78 is 65.8. The van der Waals surface area contributed by atoms with E-state index in [2.05, 4.69) is 30.9 Å². The van der Waals surface area contributed by atoms with Gasteiger partial charge in [-0.05, 0) is 35.7 Å². The summed E-state index contributed by atoms with van der Waals surface area (Å²) in [7, 11) is -2.24. The smallest absolute Gasteiger partial charge is 0.365 e. The van der Waals surface area contributed by atoms with Crippen LogP contribution in [0.2, 0.25) is 0 Å². The number of carbonyl (C=O) groups is 1. The summed E-state index contributed by atoms with van der Waals surface area (Å²) >= 11 is 0. The third-order valence-electron chi connectivity index (χ3n) is 5.64. The van der Waals surface area contributed by atoms with Crippen molar-refractivity contribution in [2.45, 2.75) is 26.1 Å². The number of anilines is 5. The Kier molecular flexibility index (Phi) is 6.47. The summed E-state index contributed by atoms with van der Waals surface area (Å²) in [5, 5.41) is 8.27. The third kappa shape index (κ3) is 5.17. The number of sulfonamides is 1. The van der Waals surface area contributed by atoms with Crippen LogP contribution >= 0.6 is 0 Å². The van der Waals surface area contributed by atoms with E-state index in [1.165, 1.54) is 13.2 Å². The highest BCUT2D eigenvalue weighted by molar-refractivity contribution is 7.92. The SMILES string of the molecule is Cc1c(CNc2nc(Nc3cccc4c3NC(=O)C4)ncc2C(F)(F)F)ccnc1N(C)S(C)(=O)=O. The first kappa shape index (κ1) is 25.2. The number of carbonyl (C=O) groups excluding carboxylic acids is 1. The van der Waals surface area contributed by atoms with Gasteiger partial charge in [-0.3, -0.25) is 9.10 Å². The summed E-state index contributed by atoms with van der Waals surface area (Å²) in [5.74, 6) is -0.601. The minimum Gasteiger partial charge on any atom is -0.365 e. The van der Waals surface area contributed by atoms with Crippen LogP contribution < -0.4 is 20.3 Å². The van der Waals surface area contributed by atoms with Crippen molar-refractivity contribution in [3.8, 4) is 0 Å². The molecule has 190 valence electrons. The Morgan fingerprint density at radius 2 is 1.94 bits per heavy atom. The molecule has 14 heteroatoms. The number of hydrogen-bond acceptors (Lipinski definition) is 8. The van der Waals surface area contributed by atoms with E-state index in [9.17, 15) is 26.4 Å². The zero-order chi connectivity index (χ0) is 26.3. The molecule has 4 rings (SSSR count). The van der Waals surface area contributed by atoms with Crippen LogP contribution in [0.1, 0.15) is 22.3 Å². The molecule has 1 amide bonds. The molecule has 3 N–H and O–H groups in total. The number of para-hydroxylation sites is 1. The zero-order valence-electron chi connectivity index (χ0n) is 19.4. The van der Waals surface area contributed by atoms with Crippen molar-refractivity contribution in [2.24, 2.45) is 0 Å². The Hall–Kier alpha value is -3.94. The van der Waals surface area contributed by atoms with Gasteiger partial charge >= 0.3 is 6.18 Å². The van der Waals surface area contributed by atoms with Crippen LogP contribution in [-0.2, 0) is 34.0 Å². The summed E-state index contributed by atoms with van der Waals surface area (Å²) in [6.07, 6.45) is -1.45. The molecule has 0 fully saturated rings. The maximum atomic E-state index is 13.7. The number of rotatable bonds is 7. The first-order valence-corrected chi connectivity index (χ1v) is 12.4. The van der Waals surface area contributed by atoms with E-state index < -0.39 is 27.6 Å². The van der Waals surface area contributed by atoms with E-state index in [1.807, 2.05) is 0 Å². The average Bonchev–Trinajstić information content (AvgIpc) is 3.18. The molecular formula is C22H22F3N7O3S. The highest BCUT2D eigenvalue weighted by Crippen LogP contribution is 2.36. The molecule has 36 heavy (non-hydrogen) atoms. The molecule has 0 radical (unpaired) electrons. The van der Waals surface area contributed by atoms with E-state index in [4.69, 9.17) is 0 Å². The highest BCUT2D eigenvalue weighted by atomic mass is 32.2. The Balaban J connectivity index is 1.63. The molecular weight excluding hydrogens is 499 g/mol. The number of pyridine rings is 1. The van der Waals surface area contributed by atoms with Crippen molar-refractivity contribution in [3.63, 3.8) is 0 Å². The molecule has 0 bridgehead atoms. The van der Waals surface area contributed by atoms with Gasteiger partial charge in [0, 0.05) is 26.0 Å². The van der Waals surface area contributed by atoms with Crippen LogP contribution in [0.4, 0.5) is 42.1 Å². The van der Waals surface area contributed by atoms with Crippen LogP contribution in [0, 0.1) is 6.92 Å². The third-order valence-corrected chi connectivity index (χ3v) is 6.81. The molecule has 0 aliphatic carbocycles. The lowest BCUT2D eigenvalue weighted by molar-refractivity contribution is -0.137. The van der Waals surface area contributed by atoms with Crippen LogP contribution in [0.15, 0.2) is 36.7 Å². The topological polar surface area (TPSA) is 129 Å². The van der Waals surface area contributed by atoms with Gasteiger partial charge in [0.2, 0.25) is 21.9 Å². The molecule has 3 heterocycles. The van der Waals surface area contributed by atoms with Gasteiger partial charge in [0.15, 0.2) is 0 Å². The minimum atomic E-state index is -4.72. The number of halogens is 3. The summed E-state index contributed by atoms with van der Waals surface area (Å²) in [6, 6.07) is 6.71. The molecule has 0 spiro atoms. The van der Waals surface area contributed by atoms with E-state index in [1.54, 1.807) is 31.2 Å². The number of nitrogens with one attached hydrogen (secondary N) is 3. The quantitative estimate of drug-likeness (QED) is 0.431. The lowest BCUT2D eigenvalue weighted by Gasteiger charge is -2.20. The molecule has 0 saturated carbocycles. The molecule has 2 aromatic heterocycles. The van der Waals surface area contributed by atoms with Crippen molar-refractivity contribution >= 4 is 44.9 Å². The monoisotopic (exact) mass is 521 g/mol. The fraction of sp³-hybridized carbons (Fsp3) is 0.273. The van der Waals surface area contributed by atoms with E-state index in [0.29, 0.717) is 28.7 Å². The molecule has 0 saturated heterocycles. The van der Waals surface area contributed by atoms with Gasteiger partial charge < -0.3 is 16.0 Å². The first-order valence-electron chi connectivity index (χ1n) is 10.6. The van der Waals surface area contributed by atoms with Gasteiger partial charge in [0.1, 0.15) is 17.2 Å². The molecule has 1 aromatic carbocycles. The van der Waals surface area contributed by atoms with Crippen molar-refractivity contribution < 1.29 is 26.4 Å². The van der Waals surface area contributed by atoms with Crippen molar-refractivity contribution in [2.75, 3.05) is 33.6 Å². The molecule has 3 aromatic rings. The van der Waals surface area contributed by atoms with Gasteiger partial charge in [-0.25, -0.2) is 18.4 Å². The Bertz CT molecular complexity index is 1450. The Morgan fingerprint density at radius 1 is 1.19 bits per heavy atom. The van der Waals surface area contributed by atoms with Crippen LogP contribution in [0.5, 0.6) is 0 Å². The number of hydrogen-bond donors (Lipinski definition) is 3. The molecule has 1 aliphatic heterocycles. The molecule has 1 aliphatic rings. The second kappa shape index (κ2) is 9.26. The first-order chi connectivity index (χ1) is 16.8. The maximum Gasteiger partial charge on any atom is 0.421 e. The lowest BCUT2D eigenvalue weighted by Crippen LogP contribution is -2.27. The standard InChI is InChI=1S/C22H22F3N7O3S/c1-12-14(7-8-26-20(12)32(2)36(3,34)35)10-27-19-15(22(23,24)25)11-28-21(31-19)29-16-6-4-5-13-9-17(33)30-18(13)16/h4-8,11H,9-10H2,1-3H3,(H,30,33)(H2,27,28,29,31). The number of amides is 1. The highest BCUT2D eigenvalue weighted by Gasteiger charge is 2.35. The molecule has 10 nitrogen and oxygen atoms in total. The lowest BCUT2D eigenvalue weighted by atomic mass is 10.1. The van der Waals surface area contributed by atoms with Crippen molar-refractivity contribution in [1.29, 1.82) is 0 Å². The predicted molar refractivity (Wildman–Crippen MR) is 129 cm³/mol. The maximum absolute atomic E-state index is 13.7. The Morgan fingerprint density at radius 3 is 2.64 bits per heavy atom. The van der Waals surface area contributed by atoms with E-state index >= 15 is 0 Å². The minimum absolute atomic E-state index is 0.0880. The Labute approximate surface area is 205 Å². The number of alkyl halides is 3. The van der Waals surface area contributed by atoms with Crippen LogP contribution in [-0.4, -0.2) is 42.6 Å². The van der Waals surface area contributed by atoms with Gasteiger partial charge in [-0.1, -0.05) is 12.1 Å². The van der Waals surface area contributed by atoms with E-state index in [-0.39, 0.29) is 30.6 Å². The largest absolute Gasteiger partial charge is 0.421 e. The molecule has 0 unspecified atom stereocenters. The van der Waals surface area contributed by atoms with E-state index in [0.717, 1.165) is 16.1 Å². The molecule has 0 atom stereocenters.